The normalized spacial score (nSPS) is 16.7. The van der Waals surface area contributed by atoms with E-state index in [1.54, 1.807) is 18.2 Å². The maximum Gasteiger partial charge on any atom is 0.349 e. The van der Waals surface area contributed by atoms with Gasteiger partial charge in [0.25, 0.3) is 5.91 Å². The molecule has 1 aromatic heterocycles. The summed E-state index contributed by atoms with van der Waals surface area (Å²) >= 11 is 0. The van der Waals surface area contributed by atoms with Gasteiger partial charge in [-0.15, -0.1) is 0 Å². The van der Waals surface area contributed by atoms with Crippen LogP contribution in [0.25, 0.3) is 11.0 Å². The van der Waals surface area contributed by atoms with Crippen molar-refractivity contribution in [2.75, 3.05) is 26.8 Å². The summed E-state index contributed by atoms with van der Waals surface area (Å²) in [5.41, 5.74) is -0.365. The van der Waals surface area contributed by atoms with Crippen LogP contribution in [0.4, 0.5) is 0 Å². The van der Waals surface area contributed by atoms with Crippen LogP contribution < -0.4 is 10.4 Å². The fourth-order valence-corrected chi connectivity index (χ4v) is 3.02. The molecule has 1 aliphatic heterocycles. The zero-order chi connectivity index (χ0) is 18.7. The van der Waals surface area contributed by atoms with E-state index in [4.69, 9.17) is 13.9 Å². The molecule has 7 heteroatoms. The second-order valence-corrected chi connectivity index (χ2v) is 6.26. The summed E-state index contributed by atoms with van der Waals surface area (Å²) in [6.07, 6.45) is 1.40. The molecular weight excluding hydrogens is 338 g/mol. The van der Waals surface area contributed by atoms with Crippen LogP contribution in [-0.2, 0) is 9.53 Å². The monoisotopic (exact) mass is 359 g/mol. The molecule has 1 fully saturated rings. The van der Waals surface area contributed by atoms with Crippen molar-refractivity contribution in [2.24, 2.45) is 5.92 Å². The summed E-state index contributed by atoms with van der Waals surface area (Å²) in [6.45, 7) is 3.22. The number of methoxy groups -OCH3 is 1. The minimum absolute atomic E-state index is 0.0368. The quantitative estimate of drug-likeness (QED) is 0.601. The molecule has 1 saturated heterocycles. The number of ether oxygens (including phenoxy) is 2. The topological polar surface area (TPSA) is 86.0 Å². The number of benzene rings is 1. The zero-order valence-electron chi connectivity index (χ0n) is 14.8. The van der Waals surface area contributed by atoms with E-state index in [1.165, 1.54) is 18.1 Å². The highest BCUT2D eigenvalue weighted by Gasteiger charge is 2.33. The van der Waals surface area contributed by atoms with Crippen LogP contribution in [0.1, 0.15) is 30.1 Å². The summed E-state index contributed by atoms with van der Waals surface area (Å²) in [5, 5.41) is 0.639. The fourth-order valence-electron chi connectivity index (χ4n) is 3.02. The van der Waals surface area contributed by atoms with E-state index >= 15 is 0 Å². The molecule has 1 aromatic carbocycles. The SMILES string of the molecule is CCCOc1ccc2cc(C(=O)N3CCC(C(=O)OC)C3)c(=O)oc2c1. The number of hydrogen-bond acceptors (Lipinski definition) is 6. The van der Waals surface area contributed by atoms with Gasteiger partial charge in [0, 0.05) is 24.5 Å². The molecule has 1 aliphatic rings. The van der Waals surface area contributed by atoms with Gasteiger partial charge in [-0.25, -0.2) is 4.79 Å². The molecule has 0 bridgehead atoms. The number of carbonyl (C=O) groups excluding carboxylic acids is 2. The first kappa shape index (κ1) is 18.0. The lowest BCUT2D eigenvalue weighted by molar-refractivity contribution is -0.144. The Morgan fingerprint density at radius 3 is 2.85 bits per heavy atom. The molecule has 2 aromatic rings. The first-order valence-electron chi connectivity index (χ1n) is 8.61. The van der Waals surface area contributed by atoms with Gasteiger partial charge in [0.05, 0.1) is 19.6 Å². The second kappa shape index (κ2) is 7.59. The largest absolute Gasteiger partial charge is 0.493 e. The van der Waals surface area contributed by atoms with Gasteiger partial charge in [-0.2, -0.15) is 0 Å². The molecule has 0 N–H and O–H groups in total. The number of esters is 1. The van der Waals surface area contributed by atoms with Crippen molar-refractivity contribution in [3.8, 4) is 5.75 Å². The Morgan fingerprint density at radius 1 is 1.31 bits per heavy atom. The van der Waals surface area contributed by atoms with Crippen LogP contribution in [-0.4, -0.2) is 43.6 Å². The molecule has 1 amide bonds. The van der Waals surface area contributed by atoms with Crippen molar-refractivity contribution in [2.45, 2.75) is 19.8 Å². The third kappa shape index (κ3) is 3.56. The molecule has 3 rings (SSSR count). The Hall–Kier alpha value is -2.83. The third-order valence-corrected chi connectivity index (χ3v) is 4.42. The maximum atomic E-state index is 12.7. The number of carbonyl (C=O) groups is 2. The molecule has 0 aliphatic carbocycles. The van der Waals surface area contributed by atoms with E-state index in [2.05, 4.69) is 0 Å². The van der Waals surface area contributed by atoms with E-state index in [0.29, 0.717) is 36.3 Å². The molecule has 26 heavy (non-hydrogen) atoms. The molecule has 2 heterocycles. The van der Waals surface area contributed by atoms with Gasteiger partial charge < -0.3 is 18.8 Å². The third-order valence-electron chi connectivity index (χ3n) is 4.42. The lowest BCUT2D eigenvalue weighted by Gasteiger charge is -2.15. The Morgan fingerprint density at radius 2 is 2.12 bits per heavy atom. The average Bonchev–Trinajstić information content (AvgIpc) is 3.14. The summed E-state index contributed by atoms with van der Waals surface area (Å²) < 4.78 is 15.6. The van der Waals surface area contributed by atoms with E-state index in [-0.39, 0.29) is 24.0 Å². The number of amides is 1. The van der Waals surface area contributed by atoms with Crippen LogP contribution in [0.5, 0.6) is 5.75 Å². The van der Waals surface area contributed by atoms with Crippen molar-refractivity contribution in [3.05, 3.63) is 40.2 Å². The van der Waals surface area contributed by atoms with Crippen molar-refractivity contribution in [1.82, 2.24) is 4.90 Å². The summed E-state index contributed by atoms with van der Waals surface area (Å²) in [5.74, 6) is -0.513. The van der Waals surface area contributed by atoms with Gasteiger partial charge in [-0.1, -0.05) is 6.92 Å². The molecular formula is C19H21NO6. The van der Waals surface area contributed by atoms with Crippen molar-refractivity contribution in [1.29, 1.82) is 0 Å². The number of fused-ring (bicyclic) bond motifs is 1. The highest BCUT2D eigenvalue weighted by Crippen LogP contribution is 2.23. The smallest absolute Gasteiger partial charge is 0.349 e. The van der Waals surface area contributed by atoms with Gasteiger partial charge in [-0.05, 0) is 31.0 Å². The Labute approximate surface area is 150 Å². The molecule has 1 unspecified atom stereocenters. The Balaban J connectivity index is 1.84. The molecule has 0 spiro atoms. The highest BCUT2D eigenvalue weighted by atomic mass is 16.5. The second-order valence-electron chi connectivity index (χ2n) is 6.26. The lowest BCUT2D eigenvalue weighted by atomic mass is 10.1. The minimum Gasteiger partial charge on any atom is -0.493 e. The maximum absolute atomic E-state index is 12.7. The van der Waals surface area contributed by atoms with E-state index in [1.807, 2.05) is 6.92 Å². The van der Waals surface area contributed by atoms with Crippen LogP contribution >= 0.6 is 0 Å². The van der Waals surface area contributed by atoms with E-state index in [9.17, 15) is 14.4 Å². The predicted molar refractivity (Wildman–Crippen MR) is 94.3 cm³/mol. The zero-order valence-corrected chi connectivity index (χ0v) is 14.8. The van der Waals surface area contributed by atoms with Crippen molar-refractivity contribution in [3.63, 3.8) is 0 Å². The van der Waals surface area contributed by atoms with E-state index < -0.39 is 11.5 Å². The predicted octanol–water partition coefficient (Wildman–Crippen LogP) is 2.22. The van der Waals surface area contributed by atoms with Gasteiger partial charge in [0.2, 0.25) is 0 Å². The van der Waals surface area contributed by atoms with Gasteiger partial charge in [0.1, 0.15) is 16.9 Å². The Kier molecular flexibility index (Phi) is 5.25. The van der Waals surface area contributed by atoms with E-state index in [0.717, 1.165) is 6.42 Å². The van der Waals surface area contributed by atoms with Crippen molar-refractivity contribution < 1.29 is 23.5 Å². The molecule has 0 radical (unpaired) electrons. The Bertz CT molecular complexity index is 887. The fraction of sp³-hybridized carbons (Fsp3) is 0.421. The number of hydrogen-bond donors (Lipinski definition) is 0. The molecule has 1 atom stereocenters. The van der Waals surface area contributed by atoms with Crippen LogP contribution in [0.3, 0.4) is 0 Å². The van der Waals surface area contributed by atoms with Crippen LogP contribution in [0.15, 0.2) is 33.5 Å². The summed E-state index contributed by atoms with van der Waals surface area (Å²) in [6, 6.07) is 6.69. The number of likely N-dealkylation sites (tertiary alicyclic amines) is 1. The van der Waals surface area contributed by atoms with Gasteiger partial charge in [0.15, 0.2) is 0 Å². The van der Waals surface area contributed by atoms with Crippen molar-refractivity contribution >= 4 is 22.8 Å². The molecule has 7 nitrogen and oxygen atoms in total. The van der Waals surface area contributed by atoms with Gasteiger partial charge >= 0.3 is 11.6 Å². The summed E-state index contributed by atoms with van der Waals surface area (Å²) in [7, 11) is 1.32. The molecule has 0 saturated carbocycles. The average molecular weight is 359 g/mol. The van der Waals surface area contributed by atoms with Crippen LogP contribution in [0.2, 0.25) is 0 Å². The lowest BCUT2D eigenvalue weighted by Crippen LogP contribution is -2.33. The number of nitrogens with zero attached hydrogens (tertiary/aromatic N) is 1. The van der Waals surface area contributed by atoms with Gasteiger partial charge in [-0.3, -0.25) is 9.59 Å². The number of rotatable bonds is 5. The minimum atomic E-state index is -0.698. The first-order valence-corrected chi connectivity index (χ1v) is 8.61. The standard InChI is InChI=1S/C19H21NO6/c1-3-8-25-14-5-4-12-9-15(19(23)26-16(12)10-14)17(21)20-7-6-13(11-20)18(22)24-2/h4-5,9-10,13H,3,6-8,11H2,1-2H3. The molecule has 138 valence electrons. The van der Waals surface area contributed by atoms with Crippen LogP contribution in [0, 0.1) is 5.92 Å². The first-order chi connectivity index (χ1) is 12.5. The highest BCUT2D eigenvalue weighted by molar-refractivity contribution is 5.97. The summed E-state index contributed by atoms with van der Waals surface area (Å²) in [4.78, 5) is 38.0.